The Morgan fingerprint density at radius 1 is 1.56 bits per heavy atom. The molecule has 0 saturated carbocycles. The normalized spacial score (nSPS) is 20.2. The van der Waals surface area contributed by atoms with Gasteiger partial charge in [-0.25, -0.2) is 0 Å². The van der Waals surface area contributed by atoms with Crippen LogP contribution in [0.2, 0.25) is 0 Å². The molecule has 2 heterocycles. The SMILES string of the molecule is CNCC1CCCCN1C(=O)c1cc(C)nn1C. The molecule has 100 valence electrons. The third-order valence-corrected chi connectivity index (χ3v) is 3.55. The van der Waals surface area contributed by atoms with Gasteiger partial charge in [-0.05, 0) is 39.3 Å². The van der Waals surface area contributed by atoms with Gasteiger partial charge in [-0.15, -0.1) is 0 Å². The van der Waals surface area contributed by atoms with E-state index in [0.29, 0.717) is 11.7 Å². The summed E-state index contributed by atoms with van der Waals surface area (Å²) in [6, 6.07) is 2.18. The molecular weight excluding hydrogens is 228 g/mol. The van der Waals surface area contributed by atoms with Crippen LogP contribution in [0.3, 0.4) is 0 Å². The largest absolute Gasteiger partial charge is 0.333 e. The number of carbonyl (C=O) groups is 1. The Labute approximate surface area is 108 Å². The van der Waals surface area contributed by atoms with Crippen molar-refractivity contribution in [1.82, 2.24) is 20.0 Å². The van der Waals surface area contributed by atoms with Gasteiger partial charge in [0.15, 0.2) is 0 Å². The number of amides is 1. The van der Waals surface area contributed by atoms with Crippen LogP contribution in [0.1, 0.15) is 35.4 Å². The lowest BCUT2D eigenvalue weighted by molar-refractivity contribution is 0.0603. The molecule has 1 N–H and O–H groups in total. The Bertz CT molecular complexity index is 425. The van der Waals surface area contributed by atoms with Crippen molar-refractivity contribution in [2.45, 2.75) is 32.2 Å². The highest BCUT2D eigenvalue weighted by Gasteiger charge is 2.28. The van der Waals surface area contributed by atoms with Gasteiger partial charge in [0.05, 0.1) is 5.69 Å². The minimum absolute atomic E-state index is 0.109. The average Bonchev–Trinajstić information content (AvgIpc) is 2.69. The van der Waals surface area contributed by atoms with Crippen LogP contribution in [0.25, 0.3) is 0 Å². The smallest absolute Gasteiger partial charge is 0.272 e. The third-order valence-electron chi connectivity index (χ3n) is 3.55. The van der Waals surface area contributed by atoms with E-state index < -0.39 is 0 Å². The van der Waals surface area contributed by atoms with Crippen LogP contribution >= 0.6 is 0 Å². The molecule has 0 bridgehead atoms. The van der Waals surface area contributed by atoms with Gasteiger partial charge in [0.25, 0.3) is 5.91 Å². The van der Waals surface area contributed by atoms with Crippen molar-refractivity contribution in [2.24, 2.45) is 7.05 Å². The van der Waals surface area contributed by atoms with Crippen molar-refractivity contribution in [3.05, 3.63) is 17.5 Å². The van der Waals surface area contributed by atoms with E-state index in [1.54, 1.807) is 4.68 Å². The van der Waals surface area contributed by atoms with Crippen LogP contribution in [0.4, 0.5) is 0 Å². The van der Waals surface area contributed by atoms with Gasteiger partial charge in [0.1, 0.15) is 5.69 Å². The quantitative estimate of drug-likeness (QED) is 0.868. The maximum atomic E-state index is 12.6. The summed E-state index contributed by atoms with van der Waals surface area (Å²) in [4.78, 5) is 14.6. The van der Waals surface area contributed by atoms with Crippen molar-refractivity contribution >= 4 is 5.91 Å². The van der Waals surface area contributed by atoms with Crippen molar-refractivity contribution < 1.29 is 4.79 Å². The van der Waals surface area contributed by atoms with Crippen molar-refractivity contribution in [1.29, 1.82) is 0 Å². The number of aromatic nitrogens is 2. The van der Waals surface area contributed by atoms with Gasteiger partial charge in [0.2, 0.25) is 0 Å². The molecule has 2 rings (SSSR count). The first-order valence-electron chi connectivity index (χ1n) is 6.59. The maximum Gasteiger partial charge on any atom is 0.272 e. The van der Waals surface area contributed by atoms with Gasteiger partial charge >= 0.3 is 0 Å². The van der Waals surface area contributed by atoms with Gasteiger partial charge in [-0.1, -0.05) is 0 Å². The van der Waals surface area contributed by atoms with Gasteiger partial charge in [-0.2, -0.15) is 5.10 Å². The summed E-state index contributed by atoms with van der Waals surface area (Å²) >= 11 is 0. The fraction of sp³-hybridized carbons (Fsp3) is 0.692. The van der Waals surface area contributed by atoms with Gasteiger partial charge in [0, 0.05) is 26.2 Å². The predicted octanol–water partition coefficient (Wildman–Crippen LogP) is 0.943. The number of nitrogens with zero attached hydrogens (tertiary/aromatic N) is 3. The molecule has 5 heteroatoms. The van der Waals surface area contributed by atoms with E-state index in [2.05, 4.69) is 10.4 Å². The second kappa shape index (κ2) is 5.52. The fourth-order valence-electron chi connectivity index (χ4n) is 2.67. The Balaban J connectivity index is 2.18. The van der Waals surface area contributed by atoms with E-state index >= 15 is 0 Å². The van der Waals surface area contributed by atoms with Crippen LogP contribution < -0.4 is 5.32 Å². The number of likely N-dealkylation sites (tertiary alicyclic amines) is 1. The van der Waals surface area contributed by atoms with Gasteiger partial charge in [-0.3, -0.25) is 9.48 Å². The molecule has 1 aromatic rings. The molecule has 0 aliphatic carbocycles. The molecule has 1 saturated heterocycles. The molecule has 18 heavy (non-hydrogen) atoms. The highest BCUT2D eigenvalue weighted by atomic mass is 16.2. The molecule has 0 radical (unpaired) electrons. The molecule has 1 aromatic heterocycles. The summed E-state index contributed by atoms with van der Waals surface area (Å²) in [6.45, 7) is 3.63. The summed E-state index contributed by atoms with van der Waals surface area (Å²) in [5.41, 5.74) is 1.58. The monoisotopic (exact) mass is 250 g/mol. The van der Waals surface area contributed by atoms with Crippen molar-refractivity contribution in [3.63, 3.8) is 0 Å². The standard InChI is InChI=1S/C13H22N4O/c1-10-8-12(16(3)15-10)13(18)17-7-5-4-6-11(17)9-14-2/h8,11,14H,4-7,9H2,1-3H3. The lowest BCUT2D eigenvalue weighted by Gasteiger charge is -2.35. The van der Waals surface area contributed by atoms with E-state index in [1.807, 2.05) is 32.0 Å². The second-order valence-electron chi connectivity index (χ2n) is 5.00. The minimum atomic E-state index is 0.109. The van der Waals surface area contributed by atoms with E-state index in [-0.39, 0.29) is 5.91 Å². The average molecular weight is 250 g/mol. The number of carbonyl (C=O) groups excluding carboxylic acids is 1. The first-order valence-corrected chi connectivity index (χ1v) is 6.59. The molecule has 5 nitrogen and oxygen atoms in total. The van der Waals surface area contributed by atoms with Crippen molar-refractivity contribution in [2.75, 3.05) is 20.1 Å². The number of likely N-dealkylation sites (N-methyl/N-ethyl adjacent to an activating group) is 1. The highest BCUT2D eigenvalue weighted by molar-refractivity contribution is 5.93. The zero-order valence-corrected chi connectivity index (χ0v) is 11.4. The summed E-state index contributed by atoms with van der Waals surface area (Å²) in [5, 5.41) is 7.43. The fourth-order valence-corrected chi connectivity index (χ4v) is 2.67. The zero-order valence-electron chi connectivity index (χ0n) is 11.4. The topological polar surface area (TPSA) is 50.2 Å². The van der Waals surface area contributed by atoms with E-state index in [0.717, 1.165) is 31.6 Å². The molecule has 0 aromatic carbocycles. The molecule has 1 amide bonds. The number of rotatable bonds is 3. The Morgan fingerprint density at radius 3 is 2.94 bits per heavy atom. The number of nitrogens with one attached hydrogen (secondary N) is 1. The molecule has 1 fully saturated rings. The van der Waals surface area contributed by atoms with Crippen LogP contribution in [-0.2, 0) is 7.05 Å². The van der Waals surface area contributed by atoms with Gasteiger partial charge < -0.3 is 10.2 Å². The summed E-state index contributed by atoms with van der Waals surface area (Å²) in [7, 11) is 3.77. The second-order valence-corrected chi connectivity index (χ2v) is 5.00. The molecular formula is C13H22N4O. The van der Waals surface area contributed by atoms with E-state index in [4.69, 9.17) is 0 Å². The summed E-state index contributed by atoms with van der Waals surface area (Å²) in [6.07, 6.45) is 3.40. The van der Waals surface area contributed by atoms with Crippen molar-refractivity contribution in [3.8, 4) is 0 Å². The molecule has 1 unspecified atom stereocenters. The van der Waals surface area contributed by atoms with E-state index in [9.17, 15) is 4.79 Å². The lowest BCUT2D eigenvalue weighted by Crippen LogP contribution is -2.48. The number of hydrogen-bond donors (Lipinski definition) is 1. The zero-order chi connectivity index (χ0) is 13.1. The number of piperidine rings is 1. The van der Waals surface area contributed by atoms with Crippen LogP contribution in [0.15, 0.2) is 6.07 Å². The number of aryl methyl sites for hydroxylation is 2. The predicted molar refractivity (Wildman–Crippen MR) is 70.5 cm³/mol. The molecule has 0 spiro atoms. The first kappa shape index (κ1) is 13.1. The van der Waals surface area contributed by atoms with Crippen LogP contribution in [0.5, 0.6) is 0 Å². The molecule has 1 atom stereocenters. The maximum absolute atomic E-state index is 12.6. The first-order chi connectivity index (χ1) is 8.63. The Hall–Kier alpha value is -1.36. The molecule has 1 aliphatic rings. The van der Waals surface area contributed by atoms with E-state index in [1.165, 1.54) is 6.42 Å². The summed E-state index contributed by atoms with van der Waals surface area (Å²) < 4.78 is 1.68. The van der Waals surface area contributed by atoms with Crippen LogP contribution in [0, 0.1) is 6.92 Å². The lowest BCUT2D eigenvalue weighted by atomic mass is 10.0. The Kier molecular flexibility index (Phi) is 4.01. The minimum Gasteiger partial charge on any atom is -0.333 e. The highest BCUT2D eigenvalue weighted by Crippen LogP contribution is 2.19. The third kappa shape index (κ3) is 2.56. The van der Waals surface area contributed by atoms with Crippen LogP contribution in [-0.4, -0.2) is 46.8 Å². The summed E-state index contributed by atoms with van der Waals surface area (Å²) in [5.74, 6) is 0.109. The molecule has 1 aliphatic heterocycles. The Morgan fingerprint density at radius 2 is 2.33 bits per heavy atom. The number of hydrogen-bond acceptors (Lipinski definition) is 3.